The molecule has 5 nitrogen and oxygen atoms in total. The van der Waals surface area contributed by atoms with Gasteiger partial charge in [-0.05, 0) is 36.8 Å². The second-order valence-corrected chi connectivity index (χ2v) is 5.49. The van der Waals surface area contributed by atoms with Gasteiger partial charge < -0.3 is 14.5 Å². The molecule has 1 N–H and O–H groups in total. The lowest BCUT2D eigenvalue weighted by molar-refractivity contribution is -0.116. The monoisotopic (exact) mass is 313 g/mol. The van der Waals surface area contributed by atoms with Crippen molar-refractivity contribution in [3.8, 4) is 0 Å². The Hall–Kier alpha value is -2.89. The van der Waals surface area contributed by atoms with Gasteiger partial charge in [-0.25, -0.2) is 4.39 Å². The molecule has 0 radical (unpaired) electrons. The van der Waals surface area contributed by atoms with Crippen LogP contribution in [0, 0.1) is 12.7 Å². The van der Waals surface area contributed by atoms with Crippen LogP contribution < -0.4 is 10.9 Å². The normalized spacial score (nSPS) is 10.9. The maximum absolute atomic E-state index is 13.3. The molecule has 0 spiro atoms. The Bertz CT molecular complexity index is 956. The van der Waals surface area contributed by atoms with Crippen LogP contribution in [0.2, 0.25) is 0 Å². The zero-order chi connectivity index (χ0) is 16.6. The van der Waals surface area contributed by atoms with Crippen molar-refractivity contribution in [3.05, 3.63) is 64.5 Å². The maximum Gasteiger partial charge on any atom is 0.275 e. The first-order chi connectivity index (χ1) is 11.0. The van der Waals surface area contributed by atoms with Gasteiger partial charge in [-0.3, -0.25) is 9.59 Å². The van der Waals surface area contributed by atoms with Gasteiger partial charge in [0.2, 0.25) is 5.91 Å². The smallest absolute Gasteiger partial charge is 0.275 e. The number of aryl methyl sites for hydroxylation is 2. The van der Waals surface area contributed by atoms with Gasteiger partial charge >= 0.3 is 0 Å². The van der Waals surface area contributed by atoms with E-state index in [0.29, 0.717) is 11.2 Å². The summed E-state index contributed by atoms with van der Waals surface area (Å²) in [5.41, 5.74) is 1.47. The number of benzene rings is 1. The first-order valence-electron chi connectivity index (χ1n) is 7.16. The number of amides is 1. The number of halogens is 1. The molecule has 2 aromatic heterocycles. The molecular weight excluding hydrogens is 297 g/mol. The van der Waals surface area contributed by atoms with Gasteiger partial charge in [-0.1, -0.05) is 6.07 Å². The SMILES string of the molecule is Cc1ccc(F)cc1NC(=O)Cn1ccc2ccn(C)c2c1=O. The van der Waals surface area contributed by atoms with E-state index in [1.807, 2.05) is 6.07 Å². The largest absolute Gasteiger partial charge is 0.346 e. The van der Waals surface area contributed by atoms with E-state index < -0.39 is 5.82 Å². The number of carbonyl (C=O) groups is 1. The van der Waals surface area contributed by atoms with Crippen molar-refractivity contribution in [1.82, 2.24) is 9.13 Å². The van der Waals surface area contributed by atoms with Crippen LogP contribution >= 0.6 is 0 Å². The molecule has 0 saturated carbocycles. The number of nitrogens with zero attached hydrogens (tertiary/aromatic N) is 2. The Kier molecular flexibility index (Phi) is 3.73. The lowest BCUT2D eigenvalue weighted by Crippen LogP contribution is -2.28. The minimum Gasteiger partial charge on any atom is -0.346 e. The standard InChI is InChI=1S/C17H16FN3O2/c1-11-3-4-13(18)9-14(11)19-15(22)10-21-8-6-12-5-7-20(2)16(12)17(21)23/h3-9H,10H2,1-2H3,(H,19,22). The molecule has 0 bridgehead atoms. The molecule has 0 saturated heterocycles. The van der Waals surface area contributed by atoms with Crippen LogP contribution in [0.25, 0.3) is 10.9 Å². The van der Waals surface area contributed by atoms with Gasteiger partial charge in [-0.15, -0.1) is 0 Å². The van der Waals surface area contributed by atoms with Crippen molar-refractivity contribution in [3.63, 3.8) is 0 Å². The van der Waals surface area contributed by atoms with Gasteiger partial charge in [0.1, 0.15) is 17.9 Å². The zero-order valence-corrected chi connectivity index (χ0v) is 12.8. The molecule has 0 aliphatic rings. The van der Waals surface area contributed by atoms with Crippen molar-refractivity contribution >= 4 is 22.5 Å². The first-order valence-corrected chi connectivity index (χ1v) is 7.16. The van der Waals surface area contributed by atoms with E-state index in [1.165, 1.54) is 16.7 Å². The number of fused-ring (bicyclic) bond motifs is 1. The minimum absolute atomic E-state index is 0.129. The summed E-state index contributed by atoms with van der Waals surface area (Å²) >= 11 is 0. The molecule has 1 amide bonds. The van der Waals surface area contributed by atoms with Crippen LogP contribution in [-0.2, 0) is 18.4 Å². The third-order valence-electron chi connectivity index (χ3n) is 3.79. The first kappa shape index (κ1) is 15.0. The molecule has 0 aliphatic heterocycles. The molecule has 1 aromatic carbocycles. The van der Waals surface area contributed by atoms with E-state index in [4.69, 9.17) is 0 Å². The van der Waals surface area contributed by atoms with Crippen LogP contribution in [0.5, 0.6) is 0 Å². The van der Waals surface area contributed by atoms with Crippen molar-refractivity contribution in [2.24, 2.45) is 7.05 Å². The Balaban J connectivity index is 1.86. The highest BCUT2D eigenvalue weighted by molar-refractivity contribution is 5.91. The van der Waals surface area contributed by atoms with E-state index in [0.717, 1.165) is 10.9 Å². The average molecular weight is 313 g/mol. The van der Waals surface area contributed by atoms with Crippen LogP contribution in [-0.4, -0.2) is 15.0 Å². The van der Waals surface area contributed by atoms with Crippen LogP contribution in [0.4, 0.5) is 10.1 Å². The quantitative estimate of drug-likeness (QED) is 0.807. The number of rotatable bonds is 3. The average Bonchev–Trinajstić information content (AvgIpc) is 2.88. The third kappa shape index (κ3) is 2.88. The zero-order valence-electron chi connectivity index (χ0n) is 12.8. The third-order valence-corrected chi connectivity index (χ3v) is 3.79. The molecule has 0 unspecified atom stereocenters. The molecule has 2 heterocycles. The van der Waals surface area contributed by atoms with Crippen molar-refractivity contribution < 1.29 is 9.18 Å². The summed E-state index contributed by atoms with van der Waals surface area (Å²) in [5, 5.41) is 3.47. The predicted octanol–water partition coefficient (Wildman–Crippen LogP) is 2.43. The Morgan fingerprint density at radius 1 is 1.22 bits per heavy atom. The molecule has 0 fully saturated rings. The molecule has 0 atom stereocenters. The lowest BCUT2D eigenvalue weighted by atomic mass is 10.2. The Morgan fingerprint density at radius 3 is 2.74 bits per heavy atom. The molecule has 3 rings (SSSR count). The molecular formula is C17H16FN3O2. The number of carbonyl (C=O) groups excluding carboxylic acids is 1. The number of nitrogens with one attached hydrogen (secondary N) is 1. The van der Waals surface area contributed by atoms with E-state index in [9.17, 15) is 14.0 Å². The van der Waals surface area contributed by atoms with Crippen LogP contribution in [0.3, 0.4) is 0 Å². The van der Waals surface area contributed by atoms with Gasteiger partial charge in [0.25, 0.3) is 5.56 Å². The molecule has 118 valence electrons. The topological polar surface area (TPSA) is 56.0 Å². The molecule has 3 aromatic rings. The summed E-state index contributed by atoms with van der Waals surface area (Å²) < 4.78 is 16.3. The summed E-state index contributed by atoms with van der Waals surface area (Å²) in [6, 6.07) is 7.82. The fraction of sp³-hybridized carbons (Fsp3) is 0.176. The Labute approximate surface area is 132 Å². The van der Waals surface area contributed by atoms with Gasteiger partial charge in [-0.2, -0.15) is 0 Å². The second kappa shape index (κ2) is 5.72. The van der Waals surface area contributed by atoms with Crippen LogP contribution in [0.1, 0.15) is 5.56 Å². The van der Waals surface area contributed by atoms with Gasteiger partial charge in [0, 0.05) is 30.5 Å². The summed E-state index contributed by atoms with van der Waals surface area (Å²) in [5.74, 6) is -0.803. The number of hydrogen-bond acceptors (Lipinski definition) is 2. The number of hydrogen-bond donors (Lipinski definition) is 1. The summed E-state index contributed by atoms with van der Waals surface area (Å²) in [6.07, 6.45) is 3.38. The van der Waals surface area contributed by atoms with E-state index in [-0.39, 0.29) is 18.0 Å². The fourth-order valence-electron chi connectivity index (χ4n) is 2.53. The van der Waals surface area contributed by atoms with E-state index >= 15 is 0 Å². The minimum atomic E-state index is -0.423. The van der Waals surface area contributed by atoms with Gasteiger partial charge in [0.05, 0.1) is 0 Å². The molecule has 6 heteroatoms. The highest BCUT2D eigenvalue weighted by Gasteiger charge is 2.11. The number of aromatic nitrogens is 2. The molecule has 23 heavy (non-hydrogen) atoms. The number of anilines is 1. The van der Waals surface area contributed by atoms with Crippen LogP contribution in [0.15, 0.2) is 47.5 Å². The molecule has 0 aliphatic carbocycles. The van der Waals surface area contributed by atoms with E-state index in [2.05, 4.69) is 5.32 Å². The van der Waals surface area contributed by atoms with Gasteiger partial charge in [0.15, 0.2) is 0 Å². The van der Waals surface area contributed by atoms with Crippen molar-refractivity contribution in [1.29, 1.82) is 0 Å². The van der Waals surface area contributed by atoms with E-state index in [1.54, 1.807) is 43.1 Å². The lowest BCUT2D eigenvalue weighted by Gasteiger charge is -2.10. The van der Waals surface area contributed by atoms with Crippen molar-refractivity contribution in [2.45, 2.75) is 13.5 Å². The Morgan fingerprint density at radius 2 is 1.96 bits per heavy atom. The highest BCUT2D eigenvalue weighted by atomic mass is 19.1. The maximum atomic E-state index is 13.3. The summed E-state index contributed by atoms with van der Waals surface area (Å²) in [6.45, 7) is 1.65. The summed E-state index contributed by atoms with van der Waals surface area (Å²) in [7, 11) is 1.78. The second-order valence-electron chi connectivity index (χ2n) is 5.49. The summed E-state index contributed by atoms with van der Waals surface area (Å²) in [4.78, 5) is 24.6. The fourth-order valence-corrected chi connectivity index (χ4v) is 2.53. The number of pyridine rings is 1. The van der Waals surface area contributed by atoms with Crippen molar-refractivity contribution in [2.75, 3.05) is 5.32 Å². The predicted molar refractivity (Wildman–Crippen MR) is 86.9 cm³/mol. The highest BCUT2D eigenvalue weighted by Crippen LogP contribution is 2.16.